The van der Waals surface area contributed by atoms with E-state index in [9.17, 15) is 4.79 Å². The van der Waals surface area contributed by atoms with Crippen LogP contribution in [0.15, 0.2) is 24.3 Å². The number of anilines is 3. The lowest BCUT2D eigenvalue weighted by molar-refractivity contribution is 0.0966. The molecule has 26 heavy (non-hydrogen) atoms. The molecule has 136 valence electrons. The lowest BCUT2D eigenvalue weighted by Gasteiger charge is -2.29. The maximum absolute atomic E-state index is 12.2. The van der Waals surface area contributed by atoms with E-state index in [1.54, 1.807) is 12.1 Å². The van der Waals surface area contributed by atoms with Crippen molar-refractivity contribution in [3.05, 3.63) is 40.5 Å². The molecule has 1 aliphatic carbocycles. The summed E-state index contributed by atoms with van der Waals surface area (Å²) in [6.45, 7) is 0.395. The van der Waals surface area contributed by atoms with Crippen LogP contribution >= 0.6 is 11.6 Å². The number of nitrogens with one attached hydrogen (secondary N) is 3. The Balaban J connectivity index is 1.65. The van der Waals surface area contributed by atoms with Gasteiger partial charge in [-0.15, -0.1) is 0 Å². The fourth-order valence-corrected chi connectivity index (χ4v) is 3.68. The summed E-state index contributed by atoms with van der Waals surface area (Å²) in [6.07, 6.45) is 4.29. The third kappa shape index (κ3) is 3.45. The van der Waals surface area contributed by atoms with Crippen molar-refractivity contribution in [2.24, 2.45) is 5.73 Å². The van der Waals surface area contributed by atoms with Gasteiger partial charge >= 0.3 is 0 Å². The second-order valence-electron chi connectivity index (χ2n) is 6.73. The summed E-state index contributed by atoms with van der Waals surface area (Å²) in [5.74, 6) is 0.789. The average Bonchev–Trinajstić information content (AvgIpc) is 2.98. The van der Waals surface area contributed by atoms with Gasteiger partial charge in [-0.1, -0.05) is 30.5 Å². The molecule has 1 aromatic heterocycles. The summed E-state index contributed by atoms with van der Waals surface area (Å²) in [5, 5.41) is 9.97. The standard InChI is InChI=1S/C18H21ClN6O/c19-10-4-3-5-11(8-10)22-16-15-14(9-21-17(15)26)24-18(25-16)23-13-7-2-1-6-12(13)20/h3-5,8,12-13H,1-2,6-7,9,20H2,(H,21,26)(H2,22,23,24,25)/t12-,13+/m0/s1. The number of nitrogens with two attached hydrogens (primary N) is 1. The fourth-order valence-electron chi connectivity index (χ4n) is 3.49. The molecule has 1 aliphatic heterocycles. The van der Waals surface area contributed by atoms with Crippen molar-refractivity contribution in [3.8, 4) is 0 Å². The Hall–Kier alpha value is -2.38. The van der Waals surface area contributed by atoms with Crippen LogP contribution in [0, 0.1) is 0 Å². The maximum Gasteiger partial charge on any atom is 0.257 e. The Morgan fingerprint density at radius 3 is 2.88 bits per heavy atom. The molecule has 2 aromatic rings. The topological polar surface area (TPSA) is 105 Å². The Morgan fingerprint density at radius 1 is 1.23 bits per heavy atom. The molecule has 4 rings (SSSR count). The molecule has 7 nitrogen and oxygen atoms in total. The first-order valence-corrected chi connectivity index (χ1v) is 9.22. The number of halogens is 1. The van der Waals surface area contributed by atoms with E-state index in [-0.39, 0.29) is 18.0 Å². The number of amides is 1. The summed E-state index contributed by atoms with van der Waals surface area (Å²) in [6, 6.07) is 7.52. The highest BCUT2D eigenvalue weighted by molar-refractivity contribution is 6.30. The van der Waals surface area contributed by atoms with Crippen molar-refractivity contribution in [2.45, 2.75) is 44.3 Å². The van der Waals surface area contributed by atoms with E-state index in [1.807, 2.05) is 12.1 Å². The van der Waals surface area contributed by atoms with Crippen LogP contribution in [0.2, 0.25) is 5.02 Å². The van der Waals surface area contributed by atoms with Gasteiger partial charge in [-0.05, 0) is 31.0 Å². The highest BCUT2D eigenvalue weighted by Crippen LogP contribution is 2.28. The molecule has 0 unspecified atom stereocenters. The molecular weight excluding hydrogens is 352 g/mol. The van der Waals surface area contributed by atoms with Crippen molar-refractivity contribution in [1.29, 1.82) is 0 Å². The monoisotopic (exact) mass is 372 g/mol. The van der Waals surface area contributed by atoms with E-state index in [0.29, 0.717) is 34.6 Å². The Morgan fingerprint density at radius 2 is 2.08 bits per heavy atom. The van der Waals surface area contributed by atoms with E-state index >= 15 is 0 Å². The van der Waals surface area contributed by atoms with Crippen LogP contribution in [-0.4, -0.2) is 28.0 Å². The van der Waals surface area contributed by atoms with Gasteiger partial charge in [0.25, 0.3) is 5.91 Å². The molecule has 8 heteroatoms. The quantitative estimate of drug-likeness (QED) is 0.657. The van der Waals surface area contributed by atoms with Crippen molar-refractivity contribution >= 4 is 35.0 Å². The molecule has 2 atom stereocenters. The third-order valence-electron chi connectivity index (χ3n) is 4.85. The summed E-state index contributed by atoms with van der Waals surface area (Å²) in [7, 11) is 0. The summed E-state index contributed by atoms with van der Waals surface area (Å²) < 4.78 is 0. The Labute approximate surface area is 156 Å². The smallest absolute Gasteiger partial charge is 0.257 e. The number of hydrogen-bond donors (Lipinski definition) is 4. The summed E-state index contributed by atoms with van der Waals surface area (Å²) in [4.78, 5) is 21.3. The minimum absolute atomic E-state index is 0.0877. The largest absolute Gasteiger partial charge is 0.350 e. The highest BCUT2D eigenvalue weighted by atomic mass is 35.5. The molecule has 2 heterocycles. The Kier molecular flexibility index (Phi) is 4.65. The van der Waals surface area contributed by atoms with Crippen LogP contribution in [0.5, 0.6) is 0 Å². The first-order valence-electron chi connectivity index (χ1n) is 8.84. The lowest BCUT2D eigenvalue weighted by Crippen LogP contribution is -2.43. The average molecular weight is 373 g/mol. The van der Waals surface area contributed by atoms with Crippen LogP contribution in [0.4, 0.5) is 17.5 Å². The van der Waals surface area contributed by atoms with Crippen LogP contribution < -0.4 is 21.7 Å². The fraction of sp³-hybridized carbons (Fsp3) is 0.389. The number of fused-ring (bicyclic) bond motifs is 1. The molecule has 0 saturated heterocycles. The van der Waals surface area contributed by atoms with E-state index in [4.69, 9.17) is 17.3 Å². The second kappa shape index (κ2) is 7.09. The summed E-state index contributed by atoms with van der Waals surface area (Å²) in [5.41, 5.74) is 8.14. The maximum atomic E-state index is 12.2. The van der Waals surface area contributed by atoms with Crippen molar-refractivity contribution in [1.82, 2.24) is 15.3 Å². The molecule has 1 amide bonds. The molecule has 0 radical (unpaired) electrons. The molecule has 0 spiro atoms. The predicted molar refractivity (Wildman–Crippen MR) is 102 cm³/mol. The number of benzene rings is 1. The van der Waals surface area contributed by atoms with Gasteiger partial charge in [0.15, 0.2) is 0 Å². The number of rotatable bonds is 4. The van der Waals surface area contributed by atoms with Gasteiger partial charge in [0.05, 0.1) is 12.2 Å². The zero-order valence-corrected chi connectivity index (χ0v) is 15.0. The van der Waals surface area contributed by atoms with E-state index in [1.165, 1.54) is 0 Å². The number of nitrogens with zero attached hydrogens (tertiary/aromatic N) is 2. The first-order chi connectivity index (χ1) is 12.6. The van der Waals surface area contributed by atoms with Gasteiger partial charge in [-0.2, -0.15) is 4.98 Å². The van der Waals surface area contributed by atoms with Crippen LogP contribution in [0.25, 0.3) is 0 Å². The summed E-state index contributed by atoms with van der Waals surface area (Å²) >= 11 is 6.05. The predicted octanol–water partition coefficient (Wildman–Crippen LogP) is 2.80. The zero-order chi connectivity index (χ0) is 18.1. The molecule has 2 aliphatic rings. The van der Waals surface area contributed by atoms with Crippen molar-refractivity contribution < 1.29 is 4.79 Å². The minimum atomic E-state index is -0.176. The highest BCUT2D eigenvalue weighted by Gasteiger charge is 2.28. The Bertz CT molecular complexity index is 842. The SMILES string of the molecule is N[C@H]1CCCC[C@H]1Nc1nc2c(c(Nc3cccc(Cl)c3)n1)C(=O)NC2. The van der Waals surface area contributed by atoms with Crippen molar-refractivity contribution in [2.75, 3.05) is 10.6 Å². The van der Waals surface area contributed by atoms with Crippen molar-refractivity contribution in [3.63, 3.8) is 0 Å². The second-order valence-corrected chi connectivity index (χ2v) is 7.17. The van der Waals surface area contributed by atoms with Gasteiger partial charge in [0.2, 0.25) is 5.95 Å². The van der Waals surface area contributed by atoms with Gasteiger partial charge in [0.1, 0.15) is 11.4 Å². The molecule has 1 aromatic carbocycles. The van der Waals surface area contributed by atoms with Crippen LogP contribution in [-0.2, 0) is 6.54 Å². The minimum Gasteiger partial charge on any atom is -0.350 e. The number of carbonyl (C=O) groups is 1. The molecule has 5 N–H and O–H groups in total. The molecule has 1 fully saturated rings. The third-order valence-corrected chi connectivity index (χ3v) is 5.08. The van der Waals surface area contributed by atoms with Crippen LogP contribution in [0.3, 0.4) is 0 Å². The van der Waals surface area contributed by atoms with E-state index in [0.717, 1.165) is 31.4 Å². The normalized spacial score (nSPS) is 21.8. The molecule has 1 saturated carbocycles. The van der Waals surface area contributed by atoms with Crippen LogP contribution in [0.1, 0.15) is 41.7 Å². The van der Waals surface area contributed by atoms with Gasteiger partial charge < -0.3 is 21.7 Å². The van der Waals surface area contributed by atoms with Gasteiger partial charge in [-0.3, -0.25) is 4.79 Å². The number of hydrogen-bond acceptors (Lipinski definition) is 6. The van der Waals surface area contributed by atoms with Gasteiger partial charge in [0, 0.05) is 22.8 Å². The van der Waals surface area contributed by atoms with E-state index in [2.05, 4.69) is 25.9 Å². The number of aromatic nitrogens is 2. The molecular formula is C18H21ClN6O. The van der Waals surface area contributed by atoms with E-state index < -0.39 is 0 Å². The zero-order valence-electron chi connectivity index (χ0n) is 14.3. The lowest BCUT2D eigenvalue weighted by atomic mass is 9.91. The number of carbonyl (C=O) groups excluding carboxylic acids is 1. The van der Waals surface area contributed by atoms with Gasteiger partial charge in [-0.25, -0.2) is 4.98 Å². The first kappa shape index (κ1) is 17.1. The molecule has 0 bridgehead atoms.